The van der Waals surface area contributed by atoms with Crippen LogP contribution in [0.4, 0.5) is 11.4 Å². The molecule has 1 N–H and O–H groups in total. The first-order valence-corrected chi connectivity index (χ1v) is 10.8. The third kappa shape index (κ3) is 4.08. The van der Waals surface area contributed by atoms with Crippen LogP contribution >= 0.6 is 0 Å². The van der Waals surface area contributed by atoms with Crippen molar-refractivity contribution in [1.29, 1.82) is 0 Å². The molecule has 0 radical (unpaired) electrons. The summed E-state index contributed by atoms with van der Waals surface area (Å²) in [4.78, 5) is 0. The summed E-state index contributed by atoms with van der Waals surface area (Å²) in [6.45, 7) is 0. The number of hydrogen-bond acceptors (Lipinski definition) is 1. The first-order valence-electron chi connectivity index (χ1n) is 10.8. The van der Waals surface area contributed by atoms with Crippen molar-refractivity contribution in [3.63, 3.8) is 0 Å². The second-order valence-electron chi connectivity index (χ2n) is 7.83. The van der Waals surface area contributed by atoms with Crippen LogP contribution in [-0.4, -0.2) is 0 Å². The van der Waals surface area contributed by atoms with Crippen LogP contribution in [0.3, 0.4) is 0 Å². The Morgan fingerprint density at radius 1 is 0.581 bits per heavy atom. The highest BCUT2D eigenvalue weighted by Crippen LogP contribution is 2.42. The zero-order valence-electron chi connectivity index (χ0n) is 17.4. The summed E-state index contributed by atoms with van der Waals surface area (Å²) in [5, 5.41) is 3.61. The molecule has 1 heteroatoms. The molecular weight excluding hydrogens is 374 g/mol. The fourth-order valence-electron chi connectivity index (χ4n) is 4.38. The molecule has 1 atom stereocenters. The summed E-state index contributed by atoms with van der Waals surface area (Å²) < 4.78 is 0. The van der Waals surface area contributed by atoms with Gasteiger partial charge in [-0.3, -0.25) is 0 Å². The maximum Gasteiger partial charge on any atom is 0.0464 e. The Hall–Kier alpha value is -3.84. The van der Waals surface area contributed by atoms with E-state index < -0.39 is 0 Å². The SMILES string of the molecule is C1=CCC(c2ccccc2)C(c2ccccc2-c2ccccc2Nc2ccccc2)=C1. The Bertz CT molecular complexity index is 1220. The van der Waals surface area contributed by atoms with E-state index in [1.807, 2.05) is 6.07 Å². The minimum Gasteiger partial charge on any atom is -0.355 e. The number of hydrogen-bond donors (Lipinski definition) is 1. The van der Waals surface area contributed by atoms with Crippen molar-refractivity contribution in [3.8, 4) is 11.1 Å². The smallest absolute Gasteiger partial charge is 0.0464 e. The third-order valence-corrected chi connectivity index (χ3v) is 5.87. The van der Waals surface area contributed by atoms with Gasteiger partial charge in [-0.05, 0) is 46.9 Å². The molecule has 0 spiro atoms. The topological polar surface area (TPSA) is 12.0 Å². The van der Waals surface area contributed by atoms with Crippen LogP contribution in [0, 0.1) is 0 Å². The Morgan fingerprint density at radius 3 is 1.97 bits per heavy atom. The summed E-state index contributed by atoms with van der Waals surface area (Å²) >= 11 is 0. The van der Waals surface area contributed by atoms with Crippen LogP contribution in [0.1, 0.15) is 23.5 Å². The Kier molecular flexibility index (Phi) is 5.49. The molecular formula is C30H25N. The largest absolute Gasteiger partial charge is 0.355 e. The lowest BCUT2D eigenvalue weighted by molar-refractivity contribution is 0.874. The lowest BCUT2D eigenvalue weighted by Gasteiger charge is -2.25. The molecule has 5 rings (SSSR count). The van der Waals surface area contributed by atoms with Crippen molar-refractivity contribution in [2.45, 2.75) is 12.3 Å². The van der Waals surface area contributed by atoms with Gasteiger partial charge in [-0.2, -0.15) is 0 Å². The molecule has 0 heterocycles. The first-order chi connectivity index (χ1) is 15.4. The number of benzene rings is 4. The summed E-state index contributed by atoms with van der Waals surface area (Å²) in [5.74, 6) is 0.363. The summed E-state index contributed by atoms with van der Waals surface area (Å²) in [5.41, 5.74) is 8.71. The Labute approximate surface area is 184 Å². The number of allylic oxidation sites excluding steroid dienone is 4. The van der Waals surface area contributed by atoms with E-state index in [1.54, 1.807) is 0 Å². The van der Waals surface area contributed by atoms with Crippen LogP contribution < -0.4 is 5.32 Å². The average Bonchev–Trinajstić information content (AvgIpc) is 2.86. The minimum absolute atomic E-state index is 0.363. The van der Waals surface area contributed by atoms with Gasteiger partial charge in [-0.25, -0.2) is 0 Å². The molecule has 150 valence electrons. The van der Waals surface area contributed by atoms with Crippen LogP contribution in [0.25, 0.3) is 16.7 Å². The second-order valence-corrected chi connectivity index (χ2v) is 7.83. The minimum atomic E-state index is 0.363. The summed E-state index contributed by atoms with van der Waals surface area (Å²) in [6.07, 6.45) is 7.77. The summed E-state index contributed by atoms with van der Waals surface area (Å²) in [7, 11) is 0. The molecule has 1 aliphatic rings. The maximum atomic E-state index is 3.61. The van der Waals surface area contributed by atoms with Crippen molar-refractivity contribution in [3.05, 3.63) is 139 Å². The van der Waals surface area contributed by atoms with Crippen LogP contribution in [-0.2, 0) is 0 Å². The molecule has 1 nitrogen and oxygen atoms in total. The lowest BCUT2D eigenvalue weighted by atomic mass is 9.79. The van der Waals surface area contributed by atoms with Gasteiger partial charge in [0.15, 0.2) is 0 Å². The number of rotatable bonds is 5. The van der Waals surface area contributed by atoms with Crippen molar-refractivity contribution < 1.29 is 0 Å². The number of para-hydroxylation sites is 2. The predicted octanol–water partition coefficient (Wildman–Crippen LogP) is 8.22. The zero-order valence-corrected chi connectivity index (χ0v) is 17.4. The van der Waals surface area contributed by atoms with Gasteiger partial charge in [0.05, 0.1) is 0 Å². The maximum absolute atomic E-state index is 3.61. The van der Waals surface area contributed by atoms with Gasteiger partial charge < -0.3 is 5.32 Å². The molecule has 0 saturated carbocycles. The van der Waals surface area contributed by atoms with Crippen molar-refractivity contribution in [2.24, 2.45) is 0 Å². The van der Waals surface area contributed by atoms with E-state index in [1.165, 1.54) is 27.8 Å². The molecule has 4 aromatic carbocycles. The monoisotopic (exact) mass is 399 g/mol. The quantitative estimate of drug-likeness (QED) is 0.356. The highest BCUT2D eigenvalue weighted by Gasteiger charge is 2.22. The van der Waals surface area contributed by atoms with Gasteiger partial charge >= 0.3 is 0 Å². The van der Waals surface area contributed by atoms with E-state index in [0.717, 1.165) is 17.8 Å². The van der Waals surface area contributed by atoms with Gasteiger partial charge in [-0.1, -0.05) is 109 Å². The van der Waals surface area contributed by atoms with E-state index in [-0.39, 0.29) is 0 Å². The fourth-order valence-corrected chi connectivity index (χ4v) is 4.38. The first kappa shape index (κ1) is 19.1. The fraction of sp³-hybridized carbons (Fsp3) is 0.0667. The molecule has 0 amide bonds. The van der Waals surface area contributed by atoms with Crippen molar-refractivity contribution >= 4 is 16.9 Å². The molecule has 0 aliphatic heterocycles. The average molecular weight is 400 g/mol. The van der Waals surface area contributed by atoms with Crippen LogP contribution in [0.15, 0.2) is 127 Å². The zero-order chi connectivity index (χ0) is 20.9. The van der Waals surface area contributed by atoms with E-state index >= 15 is 0 Å². The summed E-state index contributed by atoms with van der Waals surface area (Å²) in [6, 6.07) is 38.5. The van der Waals surface area contributed by atoms with Gasteiger partial charge in [-0.15, -0.1) is 0 Å². The second kappa shape index (κ2) is 8.89. The van der Waals surface area contributed by atoms with Crippen LogP contribution in [0.2, 0.25) is 0 Å². The Balaban J connectivity index is 1.60. The van der Waals surface area contributed by atoms with Crippen molar-refractivity contribution in [2.75, 3.05) is 5.32 Å². The molecule has 1 unspecified atom stereocenters. The molecule has 0 fully saturated rings. The van der Waals surface area contributed by atoms with E-state index in [2.05, 4.69) is 127 Å². The van der Waals surface area contributed by atoms with E-state index in [0.29, 0.717) is 5.92 Å². The van der Waals surface area contributed by atoms with E-state index in [9.17, 15) is 0 Å². The molecule has 0 aromatic heterocycles. The highest BCUT2D eigenvalue weighted by molar-refractivity contribution is 5.90. The van der Waals surface area contributed by atoms with Gasteiger partial charge in [0, 0.05) is 22.9 Å². The van der Waals surface area contributed by atoms with Gasteiger partial charge in [0.2, 0.25) is 0 Å². The highest BCUT2D eigenvalue weighted by atomic mass is 14.9. The predicted molar refractivity (Wildman–Crippen MR) is 133 cm³/mol. The van der Waals surface area contributed by atoms with Gasteiger partial charge in [0.25, 0.3) is 0 Å². The standard InChI is InChI=1S/C30H25N/c1-3-13-23(14-4-1)25-17-7-8-18-26(25)27-19-9-10-20-28(27)29-21-11-12-22-30(29)31-24-15-5-2-6-16-24/h1-16,18-22,25,31H,17H2. The Morgan fingerprint density at radius 2 is 1.19 bits per heavy atom. The molecule has 4 aromatic rings. The molecule has 0 saturated heterocycles. The van der Waals surface area contributed by atoms with Gasteiger partial charge in [0.1, 0.15) is 0 Å². The lowest BCUT2D eigenvalue weighted by Crippen LogP contribution is -2.05. The number of nitrogens with one attached hydrogen (secondary N) is 1. The number of anilines is 2. The molecule has 0 bridgehead atoms. The molecule has 31 heavy (non-hydrogen) atoms. The van der Waals surface area contributed by atoms with Crippen molar-refractivity contribution in [1.82, 2.24) is 0 Å². The normalized spacial score (nSPS) is 15.4. The molecule has 1 aliphatic carbocycles. The van der Waals surface area contributed by atoms with E-state index in [4.69, 9.17) is 0 Å². The van der Waals surface area contributed by atoms with Crippen LogP contribution in [0.5, 0.6) is 0 Å². The third-order valence-electron chi connectivity index (χ3n) is 5.87.